The van der Waals surface area contributed by atoms with Crippen molar-refractivity contribution in [2.75, 3.05) is 5.32 Å². The second-order valence-corrected chi connectivity index (χ2v) is 5.97. The van der Waals surface area contributed by atoms with Gasteiger partial charge in [-0.2, -0.15) is 0 Å². The quantitative estimate of drug-likeness (QED) is 0.847. The second kappa shape index (κ2) is 3.82. The topological polar surface area (TPSA) is 55.1 Å². The van der Waals surface area contributed by atoms with E-state index in [1.54, 1.807) is 6.20 Å². The van der Waals surface area contributed by atoms with Crippen molar-refractivity contribution in [3.8, 4) is 0 Å². The monoisotopic (exact) mass is 265 g/mol. The fraction of sp³-hybridized carbons (Fsp3) is 0.583. The third kappa shape index (κ3) is 1.57. The Morgan fingerprint density at radius 2 is 2.22 bits per heavy atom. The highest BCUT2D eigenvalue weighted by Crippen LogP contribution is 2.45. The minimum Gasteiger partial charge on any atom is -0.364 e. The Hall–Kier alpha value is -1.36. The van der Waals surface area contributed by atoms with Gasteiger partial charge in [-0.15, -0.1) is 21.8 Å². The molecule has 0 saturated heterocycles. The molecular weight excluding hydrogens is 250 g/mol. The summed E-state index contributed by atoms with van der Waals surface area (Å²) in [7, 11) is 0. The van der Waals surface area contributed by atoms with E-state index in [-0.39, 0.29) is 10.8 Å². The van der Waals surface area contributed by atoms with Crippen molar-refractivity contribution in [2.45, 2.75) is 38.6 Å². The van der Waals surface area contributed by atoms with Gasteiger partial charge in [0, 0.05) is 29.2 Å². The first-order valence-corrected chi connectivity index (χ1v) is 6.50. The van der Waals surface area contributed by atoms with Gasteiger partial charge in [0.25, 0.3) is 0 Å². The van der Waals surface area contributed by atoms with E-state index < -0.39 is 0 Å². The number of hydrogen-bond donors (Lipinski definition) is 1. The molecule has 0 aliphatic heterocycles. The van der Waals surface area contributed by atoms with Crippen LogP contribution in [0.1, 0.15) is 26.1 Å². The molecule has 0 bridgehead atoms. The Balaban J connectivity index is 1.92. The van der Waals surface area contributed by atoms with Crippen molar-refractivity contribution < 1.29 is 0 Å². The number of nitrogens with one attached hydrogen (secondary N) is 1. The number of aryl methyl sites for hydroxylation is 1. The van der Waals surface area contributed by atoms with Crippen LogP contribution in [-0.4, -0.2) is 31.0 Å². The number of halogens is 1. The highest BCUT2D eigenvalue weighted by molar-refractivity contribution is 6.21. The van der Waals surface area contributed by atoms with E-state index in [0.717, 1.165) is 23.7 Å². The van der Waals surface area contributed by atoms with Crippen LogP contribution in [0.15, 0.2) is 12.4 Å². The van der Waals surface area contributed by atoms with Gasteiger partial charge in [0.15, 0.2) is 5.82 Å². The van der Waals surface area contributed by atoms with Crippen molar-refractivity contribution in [2.24, 2.45) is 5.41 Å². The Morgan fingerprint density at radius 1 is 1.44 bits per heavy atom. The normalized spacial score (nSPS) is 26.0. The fourth-order valence-electron chi connectivity index (χ4n) is 2.33. The standard InChI is InChI=1S/C12H16ClN5/c1-7-16-17-11-10(14-4-5-18(7)11)15-9-6-8(13)12(9,2)3/h4-5,8-9H,6H2,1-3H3,(H,14,15). The summed E-state index contributed by atoms with van der Waals surface area (Å²) in [6, 6.07) is 0.329. The fourth-order valence-corrected chi connectivity index (χ4v) is 2.66. The van der Waals surface area contributed by atoms with Gasteiger partial charge in [0.2, 0.25) is 5.65 Å². The summed E-state index contributed by atoms with van der Waals surface area (Å²) in [5.41, 5.74) is 0.842. The highest BCUT2D eigenvalue weighted by atomic mass is 35.5. The Labute approximate surface area is 111 Å². The molecule has 1 aliphatic rings. The summed E-state index contributed by atoms with van der Waals surface area (Å²) in [5.74, 6) is 1.64. The average molecular weight is 266 g/mol. The molecule has 18 heavy (non-hydrogen) atoms. The molecule has 1 N–H and O–H groups in total. The molecule has 2 unspecified atom stereocenters. The Morgan fingerprint density at radius 3 is 2.89 bits per heavy atom. The molecule has 1 saturated carbocycles. The van der Waals surface area contributed by atoms with Crippen LogP contribution in [0.25, 0.3) is 5.65 Å². The van der Waals surface area contributed by atoms with Gasteiger partial charge in [-0.3, -0.25) is 4.40 Å². The van der Waals surface area contributed by atoms with E-state index in [9.17, 15) is 0 Å². The molecule has 2 aromatic rings. The molecule has 0 spiro atoms. The summed E-state index contributed by atoms with van der Waals surface area (Å²) in [4.78, 5) is 4.36. The number of hydrogen-bond acceptors (Lipinski definition) is 4. The van der Waals surface area contributed by atoms with Gasteiger partial charge in [-0.1, -0.05) is 13.8 Å². The maximum absolute atomic E-state index is 6.23. The highest BCUT2D eigenvalue weighted by Gasteiger charge is 2.47. The van der Waals surface area contributed by atoms with Crippen LogP contribution in [0.2, 0.25) is 0 Å². The molecule has 2 atom stereocenters. The number of fused-ring (bicyclic) bond motifs is 1. The second-order valence-electron chi connectivity index (χ2n) is 5.44. The average Bonchev–Trinajstić information content (AvgIpc) is 2.72. The largest absolute Gasteiger partial charge is 0.364 e. The molecule has 3 rings (SSSR count). The van der Waals surface area contributed by atoms with Crippen molar-refractivity contribution in [1.29, 1.82) is 0 Å². The van der Waals surface area contributed by atoms with Crippen LogP contribution >= 0.6 is 11.6 Å². The molecule has 5 nitrogen and oxygen atoms in total. The molecule has 96 valence electrons. The Bertz CT molecular complexity index is 591. The van der Waals surface area contributed by atoms with Crippen LogP contribution in [0.4, 0.5) is 5.82 Å². The van der Waals surface area contributed by atoms with E-state index in [1.165, 1.54) is 0 Å². The third-order valence-electron chi connectivity index (χ3n) is 3.96. The lowest BCUT2D eigenvalue weighted by molar-refractivity contribution is 0.168. The predicted molar refractivity (Wildman–Crippen MR) is 71.0 cm³/mol. The van der Waals surface area contributed by atoms with E-state index in [1.807, 2.05) is 17.5 Å². The minimum atomic E-state index is 0.0745. The SMILES string of the molecule is Cc1nnc2c(NC3CC(Cl)C3(C)C)nccn12. The van der Waals surface area contributed by atoms with Gasteiger partial charge in [-0.05, 0) is 13.3 Å². The van der Waals surface area contributed by atoms with Gasteiger partial charge < -0.3 is 5.32 Å². The molecular formula is C12H16ClN5. The van der Waals surface area contributed by atoms with Crippen molar-refractivity contribution >= 4 is 23.1 Å². The third-order valence-corrected chi connectivity index (χ3v) is 4.70. The van der Waals surface area contributed by atoms with E-state index in [4.69, 9.17) is 11.6 Å². The number of anilines is 1. The first-order valence-electron chi connectivity index (χ1n) is 6.07. The van der Waals surface area contributed by atoms with Crippen molar-refractivity contribution in [1.82, 2.24) is 19.6 Å². The Kier molecular flexibility index (Phi) is 2.48. The van der Waals surface area contributed by atoms with Crippen LogP contribution in [-0.2, 0) is 0 Å². The summed E-state index contributed by atoms with van der Waals surface area (Å²) in [5, 5.41) is 11.9. The van der Waals surface area contributed by atoms with Crippen LogP contribution < -0.4 is 5.32 Å². The molecule has 1 fully saturated rings. The maximum atomic E-state index is 6.23. The molecule has 1 aliphatic carbocycles. The number of aromatic nitrogens is 4. The smallest absolute Gasteiger partial charge is 0.203 e. The lowest BCUT2D eigenvalue weighted by Gasteiger charge is -2.49. The predicted octanol–water partition coefficient (Wildman–Crippen LogP) is 2.25. The molecule has 2 heterocycles. The van der Waals surface area contributed by atoms with Crippen molar-refractivity contribution in [3.63, 3.8) is 0 Å². The maximum Gasteiger partial charge on any atom is 0.203 e. The zero-order chi connectivity index (χ0) is 12.9. The molecule has 0 amide bonds. The lowest BCUT2D eigenvalue weighted by Crippen LogP contribution is -2.54. The number of alkyl halides is 1. The summed E-state index contributed by atoms with van der Waals surface area (Å²) in [6.45, 7) is 6.26. The molecule has 0 aromatic carbocycles. The van der Waals surface area contributed by atoms with Gasteiger partial charge in [0.1, 0.15) is 5.82 Å². The van der Waals surface area contributed by atoms with Crippen molar-refractivity contribution in [3.05, 3.63) is 18.2 Å². The van der Waals surface area contributed by atoms with Crippen LogP contribution in [0.3, 0.4) is 0 Å². The van der Waals surface area contributed by atoms with E-state index in [2.05, 4.69) is 34.3 Å². The molecule has 0 radical (unpaired) electrons. The van der Waals surface area contributed by atoms with E-state index >= 15 is 0 Å². The van der Waals surface area contributed by atoms with Gasteiger partial charge >= 0.3 is 0 Å². The number of nitrogens with zero attached hydrogens (tertiary/aromatic N) is 4. The first-order chi connectivity index (χ1) is 8.50. The van der Waals surface area contributed by atoms with Gasteiger partial charge in [0.05, 0.1) is 0 Å². The number of rotatable bonds is 2. The zero-order valence-corrected chi connectivity index (χ0v) is 11.4. The lowest BCUT2D eigenvalue weighted by atomic mass is 9.67. The molecule has 6 heteroatoms. The van der Waals surface area contributed by atoms with Crippen LogP contribution in [0.5, 0.6) is 0 Å². The minimum absolute atomic E-state index is 0.0745. The summed E-state index contributed by atoms with van der Waals surface area (Å²) < 4.78 is 1.93. The first kappa shape index (κ1) is 11.7. The summed E-state index contributed by atoms with van der Waals surface area (Å²) in [6.07, 6.45) is 4.58. The molecule has 2 aromatic heterocycles. The van der Waals surface area contributed by atoms with E-state index in [0.29, 0.717) is 6.04 Å². The van der Waals surface area contributed by atoms with Gasteiger partial charge in [-0.25, -0.2) is 4.98 Å². The zero-order valence-electron chi connectivity index (χ0n) is 10.7. The summed E-state index contributed by atoms with van der Waals surface area (Å²) >= 11 is 6.23. The van der Waals surface area contributed by atoms with Crippen LogP contribution in [0, 0.1) is 12.3 Å².